The third-order valence-electron chi connectivity index (χ3n) is 1.50. The van der Waals surface area contributed by atoms with Gasteiger partial charge in [-0.25, -0.2) is 0 Å². The average molecular weight is 278 g/mol. The van der Waals surface area contributed by atoms with Gasteiger partial charge in [0.15, 0.2) is 0 Å². The van der Waals surface area contributed by atoms with Crippen LogP contribution >= 0.6 is 34.5 Å². The van der Waals surface area contributed by atoms with Gasteiger partial charge in [-0.3, -0.25) is 9.36 Å². The van der Waals surface area contributed by atoms with Crippen LogP contribution in [0.2, 0.25) is 0 Å². The molecule has 1 rings (SSSR count). The molecule has 0 unspecified atom stereocenters. The summed E-state index contributed by atoms with van der Waals surface area (Å²) in [7, 11) is 0. The standard InChI is InChI=1S/C7H4Cl2F3NOS/c8-5(9)1-2-13-4(7(10,11)12)3-15-6(13)14/h1,3H,2H2. The van der Waals surface area contributed by atoms with Crippen LogP contribution in [0.3, 0.4) is 0 Å². The first kappa shape index (κ1) is 12.6. The smallest absolute Gasteiger partial charge is 0.291 e. The van der Waals surface area contributed by atoms with E-state index in [1.165, 1.54) is 0 Å². The summed E-state index contributed by atoms with van der Waals surface area (Å²) >= 11 is 11.0. The summed E-state index contributed by atoms with van der Waals surface area (Å²) in [5.41, 5.74) is -0.997. The second kappa shape index (κ2) is 4.59. The molecule has 0 aliphatic rings. The van der Waals surface area contributed by atoms with Gasteiger partial charge in [-0.2, -0.15) is 13.2 Å². The van der Waals surface area contributed by atoms with E-state index in [4.69, 9.17) is 23.2 Å². The van der Waals surface area contributed by atoms with Crippen molar-refractivity contribution in [2.75, 3.05) is 0 Å². The molecular formula is C7H4Cl2F3NOS. The molecule has 0 aliphatic carbocycles. The summed E-state index contributed by atoms with van der Waals surface area (Å²) in [6.07, 6.45) is -3.43. The topological polar surface area (TPSA) is 22.0 Å². The molecular weight excluding hydrogens is 274 g/mol. The lowest BCUT2D eigenvalue weighted by atomic mass is 10.4. The number of aromatic nitrogens is 1. The maximum atomic E-state index is 12.3. The van der Waals surface area contributed by atoms with Gasteiger partial charge in [0.2, 0.25) is 0 Å². The van der Waals surface area contributed by atoms with Crippen molar-refractivity contribution in [2.45, 2.75) is 12.7 Å². The van der Waals surface area contributed by atoms with Crippen LogP contribution in [0.5, 0.6) is 0 Å². The number of rotatable bonds is 2. The van der Waals surface area contributed by atoms with Gasteiger partial charge < -0.3 is 0 Å². The van der Waals surface area contributed by atoms with Crippen LogP contribution in [0.15, 0.2) is 20.7 Å². The molecule has 0 atom stereocenters. The molecule has 0 amide bonds. The first-order valence-electron chi connectivity index (χ1n) is 3.59. The fourth-order valence-electron chi connectivity index (χ4n) is 0.885. The summed E-state index contributed by atoms with van der Waals surface area (Å²) < 4.78 is 37.4. The molecule has 1 aromatic rings. The summed E-state index contributed by atoms with van der Waals surface area (Å²) in [6, 6.07) is 0. The van der Waals surface area contributed by atoms with Gasteiger partial charge in [0.05, 0.1) is 0 Å². The first-order valence-corrected chi connectivity index (χ1v) is 5.22. The van der Waals surface area contributed by atoms with E-state index >= 15 is 0 Å². The van der Waals surface area contributed by atoms with Crippen molar-refractivity contribution in [3.05, 3.63) is 31.3 Å². The molecule has 8 heteroatoms. The Morgan fingerprint density at radius 2 is 2.13 bits per heavy atom. The lowest BCUT2D eigenvalue weighted by Crippen LogP contribution is -2.20. The molecule has 0 aromatic carbocycles. The molecule has 1 heterocycles. The highest BCUT2D eigenvalue weighted by Crippen LogP contribution is 2.29. The summed E-state index contributed by atoms with van der Waals surface area (Å²) in [6.45, 7) is -0.292. The largest absolute Gasteiger partial charge is 0.432 e. The molecule has 0 fully saturated rings. The fourth-order valence-corrected chi connectivity index (χ4v) is 1.80. The highest BCUT2D eigenvalue weighted by molar-refractivity contribution is 7.07. The van der Waals surface area contributed by atoms with Crippen molar-refractivity contribution >= 4 is 34.5 Å². The monoisotopic (exact) mass is 277 g/mol. The summed E-state index contributed by atoms with van der Waals surface area (Å²) in [5, 5.41) is 0.762. The highest BCUT2D eigenvalue weighted by atomic mass is 35.5. The summed E-state index contributed by atoms with van der Waals surface area (Å²) in [5.74, 6) is 0. The van der Waals surface area contributed by atoms with Crippen molar-refractivity contribution in [3.63, 3.8) is 0 Å². The second-order valence-electron chi connectivity index (χ2n) is 2.49. The molecule has 0 spiro atoms. The normalized spacial score (nSPS) is 11.5. The number of hydrogen-bond acceptors (Lipinski definition) is 2. The van der Waals surface area contributed by atoms with Gasteiger partial charge in [0, 0.05) is 11.9 Å². The second-order valence-corrected chi connectivity index (χ2v) is 4.32. The van der Waals surface area contributed by atoms with Crippen molar-refractivity contribution in [2.24, 2.45) is 0 Å². The van der Waals surface area contributed by atoms with Gasteiger partial charge >= 0.3 is 11.0 Å². The predicted octanol–water partition coefficient (Wildman–Crippen LogP) is 3.25. The Kier molecular flexibility index (Phi) is 3.86. The SMILES string of the molecule is O=c1scc(C(F)(F)F)n1CC=C(Cl)Cl. The Morgan fingerprint density at radius 1 is 1.53 bits per heavy atom. The highest BCUT2D eigenvalue weighted by Gasteiger charge is 2.35. The van der Waals surface area contributed by atoms with E-state index in [0.29, 0.717) is 15.9 Å². The van der Waals surface area contributed by atoms with E-state index in [2.05, 4.69) is 0 Å². The van der Waals surface area contributed by atoms with Gasteiger partial charge in [0.1, 0.15) is 10.2 Å². The van der Waals surface area contributed by atoms with Crippen LogP contribution in [-0.4, -0.2) is 4.57 Å². The van der Waals surface area contributed by atoms with Crippen LogP contribution in [0.4, 0.5) is 13.2 Å². The Balaban J connectivity index is 3.11. The zero-order valence-electron chi connectivity index (χ0n) is 7.02. The lowest BCUT2D eigenvalue weighted by molar-refractivity contribution is -0.143. The van der Waals surface area contributed by atoms with Gasteiger partial charge in [0.25, 0.3) is 0 Å². The number of halogens is 5. The van der Waals surface area contributed by atoms with Gasteiger partial charge in [-0.1, -0.05) is 34.5 Å². The molecule has 0 bridgehead atoms. The third-order valence-corrected chi connectivity index (χ3v) is 2.57. The van der Waals surface area contributed by atoms with E-state index < -0.39 is 16.7 Å². The maximum Gasteiger partial charge on any atom is 0.432 e. The minimum Gasteiger partial charge on any atom is -0.291 e. The van der Waals surface area contributed by atoms with Gasteiger partial charge in [-0.15, -0.1) is 0 Å². The molecule has 15 heavy (non-hydrogen) atoms. The third kappa shape index (κ3) is 3.25. The van der Waals surface area contributed by atoms with Crippen LogP contribution in [0, 0.1) is 0 Å². The minimum atomic E-state index is -4.55. The molecule has 0 aliphatic heterocycles. The minimum absolute atomic E-state index is 0.179. The van der Waals surface area contributed by atoms with Crippen LogP contribution in [0.25, 0.3) is 0 Å². The van der Waals surface area contributed by atoms with E-state index in [-0.39, 0.29) is 11.0 Å². The van der Waals surface area contributed by atoms with E-state index in [0.717, 1.165) is 11.5 Å². The number of alkyl halides is 3. The summed E-state index contributed by atoms with van der Waals surface area (Å²) in [4.78, 5) is 10.4. The van der Waals surface area contributed by atoms with Crippen LogP contribution in [-0.2, 0) is 12.7 Å². The zero-order chi connectivity index (χ0) is 11.6. The predicted molar refractivity (Wildman–Crippen MR) is 53.4 cm³/mol. The lowest BCUT2D eigenvalue weighted by Gasteiger charge is -2.07. The molecule has 0 saturated heterocycles. The number of hydrogen-bond donors (Lipinski definition) is 0. The van der Waals surface area contributed by atoms with Crippen molar-refractivity contribution in [1.82, 2.24) is 4.57 Å². The van der Waals surface area contributed by atoms with Crippen molar-refractivity contribution in [1.29, 1.82) is 0 Å². The van der Waals surface area contributed by atoms with Gasteiger partial charge in [-0.05, 0) is 6.08 Å². The first-order chi connectivity index (χ1) is 6.82. The Morgan fingerprint density at radius 3 is 2.60 bits per heavy atom. The van der Waals surface area contributed by atoms with Crippen molar-refractivity contribution < 1.29 is 13.2 Å². The van der Waals surface area contributed by atoms with E-state index in [9.17, 15) is 18.0 Å². The van der Waals surface area contributed by atoms with Crippen LogP contribution < -0.4 is 4.87 Å². The Hall–Kier alpha value is -0.460. The maximum absolute atomic E-state index is 12.3. The number of thiazole rings is 1. The van der Waals surface area contributed by atoms with Crippen LogP contribution in [0.1, 0.15) is 5.69 Å². The number of nitrogens with zero attached hydrogens (tertiary/aromatic N) is 1. The molecule has 0 saturated carbocycles. The Bertz CT molecular complexity index is 430. The molecule has 0 radical (unpaired) electrons. The number of allylic oxidation sites excluding steroid dienone is 1. The van der Waals surface area contributed by atoms with E-state index in [1.54, 1.807) is 0 Å². The Labute approximate surface area is 96.5 Å². The average Bonchev–Trinajstić information content (AvgIpc) is 2.42. The quantitative estimate of drug-likeness (QED) is 0.814. The molecule has 2 nitrogen and oxygen atoms in total. The van der Waals surface area contributed by atoms with E-state index in [1.807, 2.05) is 0 Å². The molecule has 84 valence electrons. The van der Waals surface area contributed by atoms with Crippen molar-refractivity contribution in [3.8, 4) is 0 Å². The zero-order valence-corrected chi connectivity index (χ0v) is 9.34. The molecule has 1 aromatic heterocycles. The fraction of sp³-hybridized carbons (Fsp3) is 0.286. The molecule has 0 N–H and O–H groups in total.